The van der Waals surface area contributed by atoms with Gasteiger partial charge in [-0.3, -0.25) is 9.59 Å². The van der Waals surface area contributed by atoms with Gasteiger partial charge in [-0.05, 0) is 26.2 Å². The summed E-state index contributed by atoms with van der Waals surface area (Å²) >= 11 is 1.40. The zero-order valence-electron chi connectivity index (χ0n) is 11.2. The van der Waals surface area contributed by atoms with Crippen LogP contribution in [0.4, 0.5) is 0 Å². The van der Waals surface area contributed by atoms with Crippen LogP contribution in [0, 0.1) is 6.92 Å². The Balaban J connectivity index is 1.85. The Morgan fingerprint density at radius 2 is 2.20 bits per heavy atom. The Labute approximate surface area is 119 Å². The van der Waals surface area contributed by atoms with Crippen molar-refractivity contribution in [2.45, 2.75) is 37.1 Å². The van der Waals surface area contributed by atoms with Crippen molar-refractivity contribution in [3.63, 3.8) is 0 Å². The molecule has 0 saturated heterocycles. The van der Waals surface area contributed by atoms with Gasteiger partial charge in [-0.25, -0.2) is 4.98 Å². The minimum atomic E-state index is -0.0336. The summed E-state index contributed by atoms with van der Waals surface area (Å²) in [4.78, 5) is 34.0. The lowest BCUT2D eigenvalue weighted by atomic mass is 10.2. The molecule has 2 N–H and O–H groups in total. The van der Waals surface area contributed by atoms with Crippen LogP contribution in [-0.4, -0.2) is 15.0 Å². The number of aromatic nitrogens is 3. The van der Waals surface area contributed by atoms with Crippen LogP contribution in [0.3, 0.4) is 0 Å². The smallest absolute Gasteiger partial charge is 0.254 e. The molecule has 0 amide bonds. The summed E-state index contributed by atoms with van der Waals surface area (Å²) in [7, 11) is 0. The molecule has 2 heterocycles. The molecule has 0 bridgehead atoms. The van der Waals surface area contributed by atoms with Gasteiger partial charge in [-0.2, -0.15) is 0 Å². The Morgan fingerprint density at radius 1 is 1.35 bits per heavy atom. The largest absolute Gasteiger partial charge is 0.365 e. The molecule has 1 aliphatic rings. The van der Waals surface area contributed by atoms with Gasteiger partial charge >= 0.3 is 0 Å². The van der Waals surface area contributed by atoms with Gasteiger partial charge in [0, 0.05) is 34.8 Å². The third-order valence-electron chi connectivity index (χ3n) is 3.56. The van der Waals surface area contributed by atoms with Gasteiger partial charge in [0.05, 0.1) is 5.69 Å². The topological polar surface area (TPSA) is 78.6 Å². The predicted octanol–water partition coefficient (Wildman–Crippen LogP) is 1.55. The number of nitrogens with one attached hydrogen (secondary N) is 2. The number of pyridine rings is 1. The van der Waals surface area contributed by atoms with Crippen molar-refractivity contribution in [1.29, 1.82) is 0 Å². The van der Waals surface area contributed by atoms with E-state index in [0.717, 1.165) is 41.8 Å². The van der Waals surface area contributed by atoms with Gasteiger partial charge in [0.1, 0.15) is 0 Å². The average Bonchev–Trinajstić information content (AvgIpc) is 2.87. The normalized spacial score (nSPS) is 13.4. The Kier molecular flexibility index (Phi) is 3.48. The summed E-state index contributed by atoms with van der Waals surface area (Å²) in [6.45, 7) is 1.87. The lowest BCUT2D eigenvalue weighted by Gasteiger charge is -2.05. The van der Waals surface area contributed by atoms with Crippen molar-refractivity contribution in [3.8, 4) is 0 Å². The maximum atomic E-state index is 11.9. The molecule has 3 rings (SSSR count). The monoisotopic (exact) mass is 289 g/mol. The summed E-state index contributed by atoms with van der Waals surface area (Å²) in [6.07, 6.45) is 4.33. The molecular weight excluding hydrogens is 274 g/mol. The minimum Gasteiger partial charge on any atom is -0.365 e. The fourth-order valence-corrected chi connectivity index (χ4v) is 3.40. The van der Waals surface area contributed by atoms with Crippen LogP contribution in [0.25, 0.3) is 0 Å². The molecule has 0 radical (unpaired) electrons. The molecule has 0 fully saturated rings. The lowest BCUT2D eigenvalue weighted by Crippen LogP contribution is -2.15. The summed E-state index contributed by atoms with van der Waals surface area (Å²) in [5.74, 6) is 0.504. The number of nitrogens with zero attached hydrogens (tertiary/aromatic N) is 1. The summed E-state index contributed by atoms with van der Waals surface area (Å²) in [5.41, 5.74) is 3.29. The van der Waals surface area contributed by atoms with Gasteiger partial charge in [-0.15, -0.1) is 0 Å². The van der Waals surface area contributed by atoms with E-state index in [2.05, 4.69) is 15.0 Å². The summed E-state index contributed by atoms with van der Waals surface area (Å²) < 4.78 is 0. The molecule has 0 saturated carbocycles. The first-order valence-electron chi connectivity index (χ1n) is 6.57. The van der Waals surface area contributed by atoms with Crippen molar-refractivity contribution < 1.29 is 0 Å². The molecule has 5 nitrogen and oxygen atoms in total. The highest BCUT2D eigenvalue weighted by Crippen LogP contribution is 2.21. The number of hydrogen-bond acceptors (Lipinski definition) is 4. The quantitative estimate of drug-likeness (QED) is 0.664. The fraction of sp³-hybridized carbons (Fsp3) is 0.357. The third-order valence-corrected chi connectivity index (χ3v) is 4.46. The SMILES string of the molecule is Cc1[nH]ccc(=O)c1CSc1nc2c(c(=O)[nH]1)CCC2. The van der Waals surface area contributed by atoms with Gasteiger partial charge in [-0.1, -0.05) is 11.8 Å². The molecule has 0 aliphatic heterocycles. The van der Waals surface area contributed by atoms with Gasteiger partial charge < -0.3 is 9.97 Å². The van der Waals surface area contributed by atoms with Crippen LogP contribution in [0.2, 0.25) is 0 Å². The number of thioether (sulfide) groups is 1. The highest BCUT2D eigenvalue weighted by atomic mass is 32.2. The van der Waals surface area contributed by atoms with Crippen molar-refractivity contribution in [3.05, 3.63) is 55.4 Å². The number of fused-ring (bicyclic) bond motifs is 1. The fourth-order valence-electron chi connectivity index (χ4n) is 2.42. The van der Waals surface area contributed by atoms with Crippen LogP contribution >= 0.6 is 11.8 Å². The van der Waals surface area contributed by atoms with Crippen LogP contribution in [0.1, 0.15) is 28.9 Å². The van der Waals surface area contributed by atoms with E-state index in [4.69, 9.17) is 0 Å². The first-order valence-corrected chi connectivity index (χ1v) is 7.56. The first-order chi connectivity index (χ1) is 9.65. The van der Waals surface area contributed by atoms with E-state index in [1.54, 1.807) is 6.20 Å². The zero-order valence-corrected chi connectivity index (χ0v) is 12.0. The van der Waals surface area contributed by atoms with Crippen molar-refractivity contribution in [1.82, 2.24) is 15.0 Å². The Morgan fingerprint density at radius 3 is 3.00 bits per heavy atom. The van der Waals surface area contributed by atoms with Gasteiger partial charge in [0.15, 0.2) is 10.6 Å². The number of hydrogen-bond donors (Lipinski definition) is 2. The number of aryl methyl sites for hydroxylation is 2. The number of H-pyrrole nitrogens is 2. The third kappa shape index (κ3) is 2.43. The van der Waals surface area contributed by atoms with E-state index in [9.17, 15) is 9.59 Å². The van der Waals surface area contributed by atoms with E-state index in [1.807, 2.05) is 6.92 Å². The molecule has 6 heteroatoms. The van der Waals surface area contributed by atoms with Crippen molar-refractivity contribution >= 4 is 11.8 Å². The molecule has 1 aliphatic carbocycles. The van der Waals surface area contributed by atoms with E-state index in [1.165, 1.54) is 17.8 Å². The minimum absolute atomic E-state index is 0.0113. The molecule has 20 heavy (non-hydrogen) atoms. The highest BCUT2D eigenvalue weighted by Gasteiger charge is 2.17. The molecule has 0 spiro atoms. The highest BCUT2D eigenvalue weighted by molar-refractivity contribution is 7.98. The standard InChI is InChI=1S/C14H15N3O2S/c1-8-10(12(18)5-6-15-8)7-20-14-16-11-4-2-3-9(11)13(19)17-14/h5-6H,2-4,7H2,1H3,(H,15,18)(H,16,17,19). The zero-order chi connectivity index (χ0) is 14.1. The second-order valence-electron chi connectivity index (χ2n) is 4.88. The first kappa shape index (κ1) is 13.2. The lowest BCUT2D eigenvalue weighted by molar-refractivity contribution is 0.869. The molecule has 2 aromatic heterocycles. The van der Waals surface area contributed by atoms with Gasteiger partial charge in [0.2, 0.25) is 0 Å². The van der Waals surface area contributed by atoms with Crippen LogP contribution in [-0.2, 0) is 18.6 Å². The molecule has 2 aromatic rings. The summed E-state index contributed by atoms with van der Waals surface area (Å²) in [5, 5.41) is 0.596. The molecule has 0 aromatic carbocycles. The van der Waals surface area contributed by atoms with Crippen LogP contribution in [0.5, 0.6) is 0 Å². The summed E-state index contributed by atoms with van der Waals surface area (Å²) in [6, 6.07) is 1.52. The molecular formula is C14H15N3O2S. The van der Waals surface area contributed by atoms with Gasteiger partial charge in [0.25, 0.3) is 5.56 Å². The number of aromatic amines is 2. The maximum absolute atomic E-state index is 11.9. The van der Waals surface area contributed by atoms with E-state index in [0.29, 0.717) is 10.9 Å². The van der Waals surface area contributed by atoms with E-state index < -0.39 is 0 Å². The van der Waals surface area contributed by atoms with Crippen molar-refractivity contribution in [2.75, 3.05) is 0 Å². The molecule has 0 unspecified atom stereocenters. The van der Waals surface area contributed by atoms with Crippen LogP contribution in [0.15, 0.2) is 27.0 Å². The molecule has 104 valence electrons. The maximum Gasteiger partial charge on any atom is 0.254 e. The number of rotatable bonds is 3. The predicted molar refractivity (Wildman–Crippen MR) is 78.2 cm³/mol. The average molecular weight is 289 g/mol. The van der Waals surface area contributed by atoms with E-state index in [-0.39, 0.29) is 11.0 Å². The second-order valence-corrected chi connectivity index (χ2v) is 5.85. The van der Waals surface area contributed by atoms with Crippen molar-refractivity contribution in [2.24, 2.45) is 0 Å². The van der Waals surface area contributed by atoms with Crippen LogP contribution < -0.4 is 11.0 Å². The Hall–Kier alpha value is -1.82. The second kappa shape index (κ2) is 5.28. The Bertz CT molecular complexity index is 764. The molecule has 0 atom stereocenters. The van der Waals surface area contributed by atoms with E-state index >= 15 is 0 Å².